The number of nitro groups is 1. The number of Topliss-reactive ketones (excluding diaryl/α,β-unsaturated/α-hetero) is 1. The summed E-state index contributed by atoms with van der Waals surface area (Å²) in [7, 11) is 1.14. The van der Waals surface area contributed by atoms with Crippen LogP contribution in [0.4, 0.5) is 16.2 Å². The Labute approximate surface area is 210 Å². The quantitative estimate of drug-likeness (QED) is 0.301. The zero-order valence-electron chi connectivity index (χ0n) is 19.3. The maximum Gasteiger partial charge on any atom is 0.414 e. The Hall–Kier alpha value is -4.10. The molecule has 1 saturated heterocycles. The first kappa shape index (κ1) is 25.0. The van der Waals surface area contributed by atoms with E-state index in [1.807, 2.05) is 0 Å². The fourth-order valence-electron chi connectivity index (χ4n) is 4.78. The number of amides is 1. The number of nitrogens with zero attached hydrogens (tertiary/aromatic N) is 3. The van der Waals surface area contributed by atoms with Crippen molar-refractivity contribution in [3.05, 3.63) is 63.7 Å². The highest BCUT2D eigenvalue weighted by Crippen LogP contribution is 2.50. The summed E-state index contributed by atoms with van der Waals surface area (Å²) in [5.74, 6) is -1.46. The molecule has 13 heteroatoms. The van der Waals surface area contributed by atoms with Crippen molar-refractivity contribution in [3.8, 4) is 0 Å². The number of thiocarbonyl (C=S) groups is 1. The number of carboxylic acids is 1. The number of non-ortho nitro benzene ring substituents is 1. The molecule has 2 aromatic rings. The first-order valence-corrected chi connectivity index (χ1v) is 11.2. The van der Waals surface area contributed by atoms with E-state index in [9.17, 15) is 29.6 Å². The second-order valence-corrected chi connectivity index (χ2v) is 8.64. The summed E-state index contributed by atoms with van der Waals surface area (Å²) < 4.78 is 10.2. The number of hydrogen-bond acceptors (Lipinski definition) is 10. The Kier molecular flexibility index (Phi) is 6.37. The number of aliphatic carboxylic acids is 1. The van der Waals surface area contributed by atoms with Gasteiger partial charge in [-0.1, -0.05) is 12.2 Å². The summed E-state index contributed by atoms with van der Waals surface area (Å²) in [6, 6.07) is 5.45. The van der Waals surface area contributed by atoms with Gasteiger partial charge in [0, 0.05) is 41.9 Å². The summed E-state index contributed by atoms with van der Waals surface area (Å²) in [4.78, 5) is 52.1. The van der Waals surface area contributed by atoms with E-state index >= 15 is 0 Å². The van der Waals surface area contributed by atoms with Crippen molar-refractivity contribution in [2.45, 2.75) is 31.5 Å². The summed E-state index contributed by atoms with van der Waals surface area (Å²) >= 11 is 5.72. The van der Waals surface area contributed by atoms with Crippen LogP contribution in [0.3, 0.4) is 0 Å². The van der Waals surface area contributed by atoms with E-state index in [-0.39, 0.29) is 47.0 Å². The lowest BCUT2D eigenvalue weighted by Crippen LogP contribution is -2.69. The Morgan fingerprint density at radius 3 is 2.50 bits per heavy atom. The molecule has 36 heavy (non-hydrogen) atoms. The predicted octanol–water partition coefficient (Wildman–Crippen LogP) is 2.50. The normalized spacial score (nSPS) is 19.4. The lowest BCUT2D eigenvalue weighted by molar-refractivity contribution is -0.384. The molecule has 3 N–H and O–H groups in total. The lowest BCUT2D eigenvalue weighted by Gasteiger charge is -2.50. The van der Waals surface area contributed by atoms with Gasteiger partial charge in [-0.3, -0.25) is 19.8 Å². The Bertz CT molecular complexity index is 1320. The minimum atomic E-state index is -1.48. The van der Waals surface area contributed by atoms with E-state index in [4.69, 9.17) is 27.1 Å². The van der Waals surface area contributed by atoms with Gasteiger partial charge in [-0.25, -0.2) is 9.59 Å². The van der Waals surface area contributed by atoms with Crippen molar-refractivity contribution in [2.75, 3.05) is 18.6 Å². The molecule has 1 aromatic carbocycles. The van der Waals surface area contributed by atoms with Crippen molar-refractivity contribution in [1.29, 1.82) is 0 Å². The molecule has 1 fully saturated rings. The van der Waals surface area contributed by atoms with Crippen molar-refractivity contribution < 1.29 is 33.6 Å². The molecule has 0 radical (unpaired) electrons. The maximum atomic E-state index is 14.0. The van der Waals surface area contributed by atoms with Crippen molar-refractivity contribution in [3.63, 3.8) is 0 Å². The van der Waals surface area contributed by atoms with Crippen LogP contribution in [-0.2, 0) is 20.9 Å². The number of anilines is 1. The SMILES string of the molecule is COC(=O)N(c1ccc([N+](=O)[O-])cc1)C(C)C(=O)C12CCN1C(C(=O)O)=C(c1ccoc1CN)C2=S. The number of ether oxygens (including phenoxy) is 1. The number of ketones is 1. The fourth-order valence-corrected chi connectivity index (χ4v) is 5.30. The summed E-state index contributed by atoms with van der Waals surface area (Å²) in [5.41, 5.74) is 4.71. The average Bonchev–Trinajstić information content (AvgIpc) is 3.37. The zero-order chi connectivity index (χ0) is 26.4. The third-order valence-corrected chi connectivity index (χ3v) is 7.10. The van der Waals surface area contributed by atoms with Crippen LogP contribution < -0.4 is 10.6 Å². The molecule has 2 unspecified atom stereocenters. The number of rotatable bonds is 8. The number of carboxylic acid groups (broad SMARTS) is 1. The summed E-state index contributed by atoms with van der Waals surface area (Å²) in [6.07, 6.45) is 0.732. The molecular formula is C23H22N4O8S. The smallest absolute Gasteiger partial charge is 0.414 e. The highest BCUT2D eigenvalue weighted by Gasteiger charge is 2.63. The van der Waals surface area contributed by atoms with Gasteiger partial charge in [-0.15, -0.1) is 0 Å². The highest BCUT2D eigenvalue weighted by molar-refractivity contribution is 7.81. The third kappa shape index (κ3) is 3.55. The molecule has 188 valence electrons. The number of carbonyl (C=O) groups excluding carboxylic acids is 2. The molecule has 4 rings (SSSR count). The molecule has 0 aliphatic carbocycles. The molecule has 2 aliphatic rings. The molecule has 0 saturated carbocycles. The minimum Gasteiger partial charge on any atom is -0.477 e. The number of furan rings is 1. The number of fused-ring (bicyclic) bond motifs is 1. The van der Waals surface area contributed by atoms with Crippen LogP contribution >= 0.6 is 12.2 Å². The van der Waals surface area contributed by atoms with Crippen LogP contribution in [0.1, 0.15) is 24.7 Å². The fraction of sp³-hybridized carbons (Fsp3) is 0.304. The van der Waals surface area contributed by atoms with Crippen LogP contribution in [0.2, 0.25) is 0 Å². The lowest BCUT2D eigenvalue weighted by atomic mass is 9.76. The van der Waals surface area contributed by atoms with Crippen LogP contribution in [0, 0.1) is 10.1 Å². The number of methoxy groups -OCH3 is 1. The van der Waals surface area contributed by atoms with E-state index in [0.717, 1.165) is 12.0 Å². The number of hydrogen-bond donors (Lipinski definition) is 2. The molecule has 12 nitrogen and oxygen atoms in total. The van der Waals surface area contributed by atoms with Crippen LogP contribution in [0.25, 0.3) is 5.57 Å². The van der Waals surface area contributed by atoms with Gasteiger partial charge < -0.3 is 24.9 Å². The highest BCUT2D eigenvalue weighted by atomic mass is 32.1. The molecule has 0 spiro atoms. The number of nitro benzene ring substituents is 1. The van der Waals surface area contributed by atoms with Crippen LogP contribution in [0.5, 0.6) is 0 Å². The topological polar surface area (TPSA) is 169 Å². The zero-order valence-corrected chi connectivity index (χ0v) is 20.1. The van der Waals surface area contributed by atoms with Gasteiger partial charge in [-0.05, 0) is 25.1 Å². The number of nitrogens with two attached hydrogens (primary N) is 1. The van der Waals surface area contributed by atoms with Gasteiger partial charge >= 0.3 is 12.1 Å². The molecule has 0 bridgehead atoms. The standard InChI is InChI=1S/C23H22N4O8S/c1-12(26(22(31)34-2)13-3-5-14(6-4-13)27(32)33)19(28)23-8-9-25(23)18(21(29)30)17(20(23)36)15-7-10-35-16(15)11-24/h3-7,10,12H,8-9,11,24H2,1-2H3,(H,29,30). The van der Waals surface area contributed by atoms with Crippen LogP contribution in [-0.4, -0.2) is 62.9 Å². The predicted molar refractivity (Wildman–Crippen MR) is 130 cm³/mol. The first-order valence-electron chi connectivity index (χ1n) is 10.8. The van der Waals surface area contributed by atoms with Crippen molar-refractivity contribution in [1.82, 2.24) is 4.90 Å². The molecular weight excluding hydrogens is 492 g/mol. The van der Waals surface area contributed by atoms with Gasteiger partial charge in [0.1, 0.15) is 17.0 Å². The van der Waals surface area contributed by atoms with Gasteiger partial charge in [0.2, 0.25) is 0 Å². The Morgan fingerprint density at radius 1 is 1.33 bits per heavy atom. The molecule has 1 amide bonds. The molecule has 2 aliphatic heterocycles. The monoisotopic (exact) mass is 514 g/mol. The maximum absolute atomic E-state index is 14.0. The van der Waals surface area contributed by atoms with Crippen molar-refractivity contribution in [2.24, 2.45) is 5.73 Å². The van der Waals surface area contributed by atoms with Crippen molar-refractivity contribution >= 4 is 51.9 Å². The van der Waals surface area contributed by atoms with E-state index < -0.39 is 34.3 Å². The Balaban J connectivity index is 1.76. The van der Waals surface area contributed by atoms with E-state index in [2.05, 4.69) is 0 Å². The van der Waals surface area contributed by atoms with Gasteiger partial charge in [0.05, 0.1) is 35.7 Å². The van der Waals surface area contributed by atoms with Gasteiger partial charge in [0.15, 0.2) is 5.78 Å². The summed E-state index contributed by atoms with van der Waals surface area (Å²) in [6.45, 7) is 1.72. The van der Waals surface area contributed by atoms with E-state index in [1.165, 1.54) is 42.4 Å². The second-order valence-electron chi connectivity index (χ2n) is 8.24. The third-order valence-electron chi connectivity index (χ3n) is 6.55. The molecule has 2 atom stereocenters. The molecule has 3 heterocycles. The summed E-state index contributed by atoms with van der Waals surface area (Å²) in [5, 5.41) is 21.1. The average molecular weight is 515 g/mol. The Morgan fingerprint density at radius 2 is 2.00 bits per heavy atom. The number of benzene rings is 1. The van der Waals surface area contributed by atoms with Gasteiger partial charge in [0.25, 0.3) is 5.69 Å². The second kappa shape index (κ2) is 9.17. The minimum absolute atomic E-state index is 0.00500. The van der Waals surface area contributed by atoms with E-state index in [0.29, 0.717) is 11.3 Å². The number of carbonyl (C=O) groups is 3. The largest absolute Gasteiger partial charge is 0.477 e. The van der Waals surface area contributed by atoms with E-state index in [1.54, 1.807) is 6.07 Å². The van der Waals surface area contributed by atoms with Crippen LogP contribution in [0.15, 0.2) is 46.7 Å². The first-order chi connectivity index (χ1) is 17.1. The molecule has 1 aromatic heterocycles. The van der Waals surface area contributed by atoms with Gasteiger partial charge in [-0.2, -0.15) is 0 Å².